The van der Waals surface area contributed by atoms with E-state index in [0.717, 1.165) is 5.69 Å². The van der Waals surface area contributed by atoms with Gasteiger partial charge in [0.25, 0.3) is 5.91 Å². The average Bonchev–Trinajstić information content (AvgIpc) is 2.69. The molecule has 0 radical (unpaired) electrons. The van der Waals surface area contributed by atoms with Crippen LogP contribution in [-0.2, 0) is 5.72 Å². The molecule has 0 spiro atoms. The Morgan fingerprint density at radius 3 is 2.52 bits per heavy atom. The molecular formula is C17H18N2O2. The number of benzene rings is 1. The summed E-state index contributed by atoms with van der Waals surface area (Å²) in [6.45, 7) is 5.66. The Morgan fingerprint density at radius 2 is 1.86 bits per heavy atom. The predicted molar refractivity (Wildman–Crippen MR) is 79.7 cm³/mol. The molecule has 1 unspecified atom stereocenters. The summed E-state index contributed by atoms with van der Waals surface area (Å²) in [7, 11) is 0. The first-order valence-electron chi connectivity index (χ1n) is 7.06. The zero-order valence-electron chi connectivity index (χ0n) is 12.4. The summed E-state index contributed by atoms with van der Waals surface area (Å²) in [5, 5.41) is 11.4. The second-order valence-electron chi connectivity index (χ2n) is 5.65. The molecule has 108 valence electrons. The van der Waals surface area contributed by atoms with E-state index in [2.05, 4.69) is 4.98 Å². The molecule has 4 heteroatoms. The van der Waals surface area contributed by atoms with Crippen molar-refractivity contribution in [1.82, 2.24) is 9.88 Å². The number of hydrogen-bond acceptors (Lipinski definition) is 3. The van der Waals surface area contributed by atoms with Gasteiger partial charge in [0.1, 0.15) is 0 Å². The monoisotopic (exact) mass is 282 g/mol. The van der Waals surface area contributed by atoms with E-state index < -0.39 is 5.72 Å². The first-order valence-corrected chi connectivity index (χ1v) is 7.06. The van der Waals surface area contributed by atoms with Crippen molar-refractivity contribution in [3.05, 3.63) is 65.0 Å². The number of rotatable bonds is 2. The number of carbonyl (C=O) groups is 1. The number of aliphatic hydroxyl groups is 1. The standard InChI is InChI=1S/C17H18N2O2/c1-11(2)19-16(20)13-8-4-5-9-14(13)17(19,21)15-10-6-7-12(3)18-15/h4-11,21H,1-3H3. The zero-order valence-corrected chi connectivity index (χ0v) is 12.4. The zero-order chi connectivity index (χ0) is 15.2. The predicted octanol–water partition coefficient (Wildman–Crippen LogP) is 2.45. The number of fused-ring (bicyclic) bond motifs is 1. The largest absolute Gasteiger partial charge is 0.362 e. The van der Waals surface area contributed by atoms with Gasteiger partial charge in [0.05, 0.1) is 5.69 Å². The van der Waals surface area contributed by atoms with Crippen LogP contribution < -0.4 is 0 Å². The molecule has 3 rings (SSSR count). The highest BCUT2D eigenvalue weighted by atomic mass is 16.3. The summed E-state index contributed by atoms with van der Waals surface area (Å²) in [5.41, 5.74) is 0.920. The van der Waals surface area contributed by atoms with Gasteiger partial charge >= 0.3 is 0 Å². The van der Waals surface area contributed by atoms with Crippen molar-refractivity contribution in [2.24, 2.45) is 0 Å². The van der Waals surface area contributed by atoms with Gasteiger partial charge in [0.2, 0.25) is 5.72 Å². The van der Waals surface area contributed by atoms with Crippen molar-refractivity contribution in [2.45, 2.75) is 32.5 Å². The highest BCUT2D eigenvalue weighted by molar-refractivity contribution is 6.00. The van der Waals surface area contributed by atoms with Crippen molar-refractivity contribution >= 4 is 5.91 Å². The second kappa shape index (κ2) is 4.67. The van der Waals surface area contributed by atoms with E-state index in [1.54, 1.807) is 18.2 Å². The van der Waals surface area contributed by atoms with Crippen molar-refractivity contribution in [3.63, 3.8) is 0 Å². The summed E-state index contributed by atoms with van der Waals surface area (Å²) in [6, 6.07) is 12.5. The smallest absolute Gasteiger partial charge is 0.257 e. The Kier molecular flexibility index (Phi) is 3.06. The minimum absolute atomic E-state index is 0.141. The van der Waals surface area contributed by atoms with Gasteiger partial charge < -0.3 is 5.11 Å². The Hall–Kier alpha value is -2.20. The third-order valence-electron chi connectivity index (χ3n) is 3.86. The van der Waals surface area contributed by atoms with Crippen LogP contribution in [-0.4, -0.2) is 26.9 Å². The number of hydrogen-bond donors (Lipinski definition) is 1. The van der Waals surface area contributed by atoms with Crippen molar-refractivity contribution in [3.8, 4) is 0 Å². The third-order valence-corrected chi connectivity index (χ3v) is 3.86. The normalized spacial score (nSPS) is 21.0. The molecule has 0 fully saturated rings. The maximum atomic E-state index is 12.7. The van der Waals surface area contributed by atoms with Gasteiger partial charge in [-0.25, -0.2) is 0 Å². The summed E-state index contributed by atoms with van der Waals surface area (Å²) in [4.78, 5) is 18.6. The lowest BCUT2D eigenvalue weighted by atomic mass is 9.97. The van der Waals surface area contributed by atoms with Crippen LogP contribution in [0.25, 0.3) is 0 Å². The molecule has 0 bridgehead atoms. The molecule has 0 saturated carbocycles. The van der Waals surface area contributed by atoms with E-state index in [1.807, 2.05) is 45.0 Å². The molecule has 4 nitrogen and oxygen atoms in total. The van der Waals surface area contributed by atoms with E-state index in [4.69, 9.17) is 0 Å². The number of aromatic nitrogens is 1. The topological polar surface area (TPSA) is 53.4 Å². The van der Waals surface area contributed by atoms with E-state index in [1.165, 1.54) is 4.90 Å². The average molecular weight is 282 g/mol. The van der Waals surface area contributed by atoms with Crippen LogP contribution in [0.4, 0.5) is 0 Å². The molecule has 2 heterocycles. The van der Waals surface area contributed by atoms with Crippen LogP contribution in [0.3, 0.4) is 0 Å². The van der Waals surface area contributed by atoms with Crippen LogP contribution >= 0.6 is 0 Å². The lowest BCUT2D eigenvalue weighted by Gasteiger charge is -2.36. The molecule has 1 atom stereocenters. The van der Waals surface area contributed by atoms with Crippen molar-refractivity contribution in [1.29, 1.82) is 0 Å². The first-order chi connectivity index (χ1) is 9.96. The number of carbonyl (C=O) groups excluding carboxylic acids is 1. The maximum absolute atomic E-state index is 12.7. The summed E-state index contributed by atoms with van der Waals surface area (Å²) in [6.07, 6.45) is 0. The molecule has 0 saturated heterocycles. The molecule has 2 aromatic rings. The van der Waals surface area contributed by atoms with Crippen LogP contribution in [0.1, 0.15) is 41.2 Å². The van der Waals surface area contributed by atoms with E-state index in [-0.39, 0.29) is 11.9 Å². The number of amides is 1. The van der Waals surface area contributed by atoms with Gasteiger partial charge in [-0.15, -0.1) is 0 Å². The molecule has 1 N–H and O–H groups in total. The van der Waals surface area contributed by atoms with Gasteiger partial charge in [-0.05, 0) is 39.0 Å². The van der Waals surface area contributed by atoms with Crippen molar-refractivity contribution < 1.29 is 9.90 Å². The van der Waals surface area contributed by atoms with E-state index >= 15 is 0 Å². The van der Waals surface area contributed by atoms with Gasteiger partial charge in [-0.1, -0.05) is 24.3 Å². The minimum atomic E-state index is -1.51. The summed E-state index contributed by atoms with van der Waals surface area (Å²) >= 11 is 0. The van der Waals surface area contributed by atoms with Crippen LogP contribution in [0, 0.1) is 6.92 Å². The second-order valence-corrected chi connectivity index (χ2v) is 5.65. The SMILES string of the molecule is Cc1cccc(C2(O)c3ccccc3C(=O)N2C(C)C)n1. The Morgan fingerprint density at radius 1 is 1.14 bits per heavy atom. The third kappa shape index (κ3) is 1.87. The lowest BCUT2D eigenvalue weighted by molar-refractivity contribution is -0.0668. The van der Waals surface area contributed by atoms with Gasteiger partial charge in [0, 0.05) is 22.9 Å². The Bertz CT molecular complexity index is 711. The Balaban J connectivity index is 2.29. The highest BCUT2D eigenvalue weighted by Crippen LogP contribution is 2.42. The van der Waals surface area contributed by atoms with Gasteiger partial charge in [-0.2, -0.15) is 0 Å². The molecular weight excluding hydrogens is 264 g/mol. The Labute approximate surface area is 124 Å². The van der Waals surface area contributed by atoms with E-state index in [9.17, 15) is 9.90 Å². The fraction of sp³-hybridized carbons (Fsp3) is 0.294. The van der Waals surface area contributed by atoms with Crippen LogP contribution in [0.5, 0.6) is 0 Å². The quantitative estimate of drug-likeness (QED) is 0.920. The molecule has 1 aliphatic rings. The molecule has 1 amide bonds. The molecule has 21 heavy (non-hydrogen) atoms. The van der Waals surface area contributed by atoms with Gasteiger partial charge in [-0.3, -0.25) is 14.7 Å². The fourth-order valence-electron chi connectivity index (χ4n) is 2.99. The number of nitrogens with zero attached hydrogens (tertiary/aromatic N) is 2. The molecule has 1 aromatic heterocycles. The minimum Gasteiger partial charge on any atom is -0.362 e. The summed E-state index contributed by atoms with van der Waals surface area (Å²) in [5.74, 6) is -0.161. The molecule has 1 aromatic carbocycles. The lowest BCUT2D eigenvalue weighted by Crippen LogP contribution is -2.49. The summed E-state index contributed by atoms with van der Waals surface area (Å²) < 4.78 is 0. The van der Waals surface area contributed by atoms with Crippen LogP contribution in [0.15, 0.2) is 42.5 Å². The number of aryl methyl sites for hydroxylation is 1. The maximum Gasteiger partial charge on any atom is 0.257 e. The highest BCUT2D eigenvalue weighted by Gasteiger charge is 2.51. The van der Waals surface area contributed by atoms with E-state index in [0.29, 0.717) is 16.8 Å². The molecule has 0 aliphatic carbocycles. The van der Waals surface area contributed by atoms with Gasteiger partial charge in [0.15, 0.2) is 0 Å². The molecule has 1 aliphatic heterocycles. The first kappa shape index (κ1) is 13.8. The fourth-order valence-corrected chi connectivity index (χ4v) is 2.99. The van der Waals surface area contributed by atoms with Crippen LogP contribution in [0.2, 0.25) is 0 Å². The van der Waals surface area contributed by atoms with Crippen molar-refractivity contribution in [2.75, 3.05) is 0 Å². The number of pyridine rings is 1.